The molecule has 3 aromatic rings. The highest BCUT2D eigenvalue weighted by Gasteiger charge is 2.36. The molecule has 1 aliphatic rings. The van der Waals surface area contributed by atoms with Crippen molar-refractivity contribution in [2.24, 2.45) is 0 Å². The molecule has 1 aromatic carbocycles. The monoisotopic (exact) mass is 508 g/mol. The van der Waals surface area contributed by atoms with Crippen LogP contribution in [0, 0.1) is 5.82 Å². The molecule has 0 bridgehead atoms. The molecule has 0 spiro atoms. The highest BCUT2D eigenvalue weighted by atomic mass is 32.1. The van der Waals surface area contributed by atoms with E-state index < -0.39 is 34.6 Å². The predicted molar refractivity (Wildman–Crippen MR) is 129 cm³/mol. The maximum absolute atomic E-state index is 15.2. The Morgan fingerprint density at radius 2 is 1.86 bits per heavy atom. The Balaban J connectivity index is 1.79. The molecule has 0 aliphatic carbocycles. The summed E-state index contributed by atoms with van der Waals surface area (Å²) in [6.45, 7) is 5.11. The number of nitrogens with one attached hydrogen (secondary N) is 2. The Labute approximate surface area is 203 Å². The number of hydrogen-bond acceptors (Lipinski definition) is 5. The topological polar surface area (TPSA) is 68.4 Å². The molecule has 3 heterocycles. The molecule has 4 rings (SSSR count). The summed E-state index contributed by atoms with van der Waals surface area (Å²) in [5, 5.41) is 4.33. The first kappa shape index (κ1) is 24.9. The zero-order valence-corrected chi connectivity index (χ0v) is 20.1. The maximum atomic E-state index is 15.2. The third-order valence-electron chi connectivity index (χ3n) is 6.30. The van der Waals surface area contributed by atoms with Crippen molar-refractivity contribution in [1.82, 2.24) is 9.88 Å². The number of piperazine rings is 1. The Bertz CT molecular complexity index is 1280. The first-order valence-corrected chi connectivity index (χ1v) is 11.8. The number of alkyl halides is 3. The van der Waals surface area contributed by atoms with E-state index in [0.29, 0.717) is 29.7 Å². The van der Waals surface area contributed by atoms with Gasteiger partial charge in [-0.2, -0.15) is 13.2 Å². The van der Waals surface area contributed by atoms with Crippen LogP contribution >= 0.6 is 11.3 Å². The van der Waals surface area contributed by atoms with Crippen LogP contribution in [0.2, 0.25) is 0 Å². The van der Waals surface area contributed by atoms with Gasteiger partial charge in [-0.25, -0.2) is 4.39 Å². The Kier molecular flexibility index (Phi) is 6.74. The average molecular weight is 509 g/mol. The molecular formula is C24H24F4N4O2S. The summed E-state index contributed by atoms with van der Waals surface area (Å²) in [4.78, 5) is 31.4. The second-order valence-electron chi connectivity index (χ2n) is 8.67. The second kappa shape index (κ2) is 9.46. The molecule has 0 unspecified atom stereocenters. The van der Waals surface area contributed by atoms with Gasteiger partial charge in [0.2, 0.25) is 5.56 Å². The van der Waals surface area contributed by atoms with Crippen molar-refractivity contribution in [2.45, 2.75) is 32.1 Å². The number of rotatable bonds is 4. The highest BCUT2D eigenvalue weighted by Crippen LogP contribution is 2.38. The number of halogens is 4. The van der Waals surface area contributed by atoms with Gasteiger partial charge in [-0.1, -0.05) is 6.07 Å². The fourth-order valence-corrected chi connectivity index (χ4v) is 4.97. The third kappa shape index (κ3) is 5.10. The van der Waals surface area contributed by atoms with Gasteiger partial charge in [-0.05, 0) is 44.5 Å². The van der Waals surface area contributed by atoms with Gasteiger partial charge < -0.3 is 15.2 Å². The normalized spacial score (nSPS) is 19.1. The van der Waals surface area contributed by atoms with Crippen LogP contribution in [-0.4, -0.2) is 48.0 Å². The third-order valence-corrected chi connectivity index (χ3v) is 7.20. The number of anilines is 2. The molecular weight excluding hydrogens is 484 g/mol. The number of amides is 1. The molecule has 6 nitrogen and oxygen atoms in total. The zero-order valence-electron chi connectivity index (χ0n) is 19.2. The van der Waals surface area contributed by atoms with Gasteiger partial charge in [0.1, 0.15) is 5.82 Å². The number of nitrogens with zero attached hydrogens (tertiary/aromatic N) is 2. The zero-order chi connectivity index (χ0) is 25.5. The quantitative estimate of drug-likeness (QED) is 0.485. The minimum absolute atomic E-state index is 0.123. The molecule has 11 heteroatoms. The fourth-order valence-electron chi connectivity index (χ4n) is 4.23. The smallest absolute Gasteiger partial charge is 0.367 e. The van der Waals surface area contributed by atoms with Crippen LogP contribution in [0.1, 0.15) is 29.8 Å². The number of carbonyl (C=O) groups excluding carboxylic acids is 1. The first-order chi connectivity index (χ1) is 16.5. The summed E-state index contributed by atoms with van der Waals surface area (Å²) in [5.74, 6) is -1.56. The summed E-state index contributed by atoms with van der Waals surface area (Å²) in [7, 11) is 1.99. The van der Waals surface area contributed by atoms with Crippen molar-refractivity contribution in [3.63, 3.8) is 0 Å². The molecule has 1 saturated heterocycles. The van der Waals surface area contributed by atoms with Gasteiger partial charge >= 0.3 is 6.18 Å². The van der Waals surface area contributed by atoms with Gasteiger partial charge in [0.25, 0.3) is 5.91 Å². The van der Waals surface area contributed by atoms with E-state index in [1.165, 1.54) is 23.5 Å². The number of aromatic nitrogens is 1. The number of benzene rings is 1. The first-order valence-electron chi connectivity index (χ1n) is 10.9. The van der Waals surface area contributed by atoms with Gasteiger partial charge in [-0.15, -0.1) is 11.3 Å². The lowest BCUT2D eigenvalue weighted by atomic mass is 10.0. The lowest BCUT2D eigenvalue weighted by Crippen LogP contribution is -2.55. The Morgan fingerprint density at radius 3 is 2.46 bits per heavy atom. The number of aromatic amines is 1. The van der Waals surface area contributed by atoms with Crippen molar-refractivity contribution in [1.29, 1.82) is 0 Å². The van der Waals surface area contributed by atoms with Crippen molar-refractivity contribution in [3.05, 3.63) is 69.2 Å². The van der Waals surface area contributed by atoms with Crippen molar-refractivity contribution in [2.75, 3.05) is 30.4 Å². The van der Waals surface area contributed by atoms with E-state index in [9.17, 15) is 22.8 Å². The fraction of sp³-hybridized carbons (Fsp3) is 0.333. The Morgan fingerprint density at radius 1 is 1.17 bits per heavy atom. The van der Waals surface area contributed by atoms with Crippen LogP contribution in [0.3, 0.4) is 0 Å². The van der Waals surface area contributed by atoms with Crippen LogP contribution in [-0.2, 0) is 6.18 Å². The van der Waals surface area contributed by atoms with Crippen LogP contribution in [0.15, 0.2) is 46.7 Å². The molecule has 35 heavy (non-hydrogen) atoms. The van der Waals surface area contributed by atoms with Crippen LogP contribution in [0.4, 0.5) is 28.9 Å². The molecule has 0 saturated carbocycles. The highest BCUT2D eigenvalue weighted by molar-refractivity contribution is 7.13. The van der Waals surface area contributed by atoms with Crippen molar-refractivity contribution in [3.8, 4) is 10.4 Å². The van der Waals surface area contributed by atoms with Crippen molar-refractivity contribution < 1.29 is 22.4 Å². The van der Waals surface area contributed by atoms with Gasteiger partial charge in [0, 0.05) is 47.9 Å². The van der Waals surface area contributed by atoms with E-state index in [1.54, 1.807) is 17.5 Å². The summed E-state index contributed by atoms with van der Waals surface area (Å²) in [6.07, 6.45) is -4.17. The number of pyridine rings is 1. The standard InChI is InChI=1S/C24H24F4N4O2S/c1-13-11-32(12-14(2)31(13)3)20-9-18(25)15(21-5-4-6-35-21)7-19(20)30-23(34)16-10-29-22(33)8-17(16)24(26,27)28/h4-10,13-14H,11-12H2,1-3H3,(H,29,33)(H,30,34)/t13-,14+. The second-order valence-corrected chi connectivity index (χ2v) is 9.62. The van der Waals surface area contributed by atoms with E-state index in [0.717, 1.165) is 6.20 Å². The summed E-state index contributed by atoms with van der Waals surface area (Å²) < 4.78 is 55.8. The molecule has 2 N–H and O–H groups in total. The number of hydrogen-bond donors (Lipinski definition) is 2. The lowest BCUT2D eigenvalue weighted by molar-refractivity contribution is -0.138. The van der Waals surface area contributed by atoms with Gasteiger partial charge in [0.15, 0.2) is 0 Å². The van der Waals surface area contributed by atoms with E-state index in [4.69, 9.17) is 0 Å². The van der Waals surface area contributed by atoms with E-state index >= 15 is 4.39 Å². The van der Waals surface area contributed by atoms with E-state index in [1.807, 2.05) is 25.8 Å². The number of carbonyl (C=O) groups is 1. The van der Waals surface area contributed by atoms with Crippen molar-refractivity contribution >= 4 is 28.6 Å². The van der Waals surface area contributed by atoms with Crippen LogP contribution < -0.4 is 15.8 Å². The van der Waals surface area contributed by atoms with Crippen LogP contribution in [0.5, 0.6) is 0 Å². The lowest BCUT2D eigenvalue weighted by Gasteiger charge is -2.44. The number of likely N-dealkylation sites (N-methyl/N-ethyl adjacent to an activating group) is 1. The summed E-state index contributed by atoms with van der Waals surface area (Å²) in [5.41, 5.74) is -2.26. The van der Waals surface area contributed by atoms with E-state index in [-0.39, 0.29) is 23.3 Å². The SMILES string of the molecule is C[C@@H]1CN(c2cc(F)c(-c3cccs3)cc2NC(=O)c2c[nH]c(=O)cc2C(F)(F)F)C[C@H](C)N1C. The molecule has 1 aliphatic heterocycles. The minimum atomic E-state index is -4.91. The minimum Gasteiger partial charge on any atom is -0.367 e. The average Bonchev–Trinajstić information content (AvgIpc) is 3.32. The number of H-pyrrole nitrogens is 1. The maximum Gasteiger partial charge on any atom is 0.417 e. The van der Waals surface area contributed by atoms with Gasteiger partial charge in [0.05, 0.1) is 22.5 Å². The summed E-state index contributed by atoms with van der Waals surface area (Å²) in [6, 6.07) is 6.83. The van der Waals surface area contributed by atoms with Crippen LogP contribution in [0.25, 0.3) is 10.4 Å². The molecule has 186 valence electrons. The number of thiophene rings is 1. The molecule has 0 radical (unpaired) electrons. The Hall–Kier alpha value is -3.18. The molecule has 1 fully saturated rings. The van der Waals surface area contributed by atoms with Gasteiger partial charge in [-0.3, -0.25) is 14.5 Å². The summed E-state index contributed by atoms with van der Waals surface area (Å²) >= 11 is 1.30. The van der Waals surface area contributed by atoms with E-state index in [2.05, 4.69) is 15.2 Å². The molecule has 2 atom stereocenters. The molecule has 1 amide bonds. The predicted octanol–water partition coefficient (Wildman–Crippen LogP) is 5.04. The molecule has 2 aromatic heterocycles. The largest absolute Gasteiger partial charge is 0.417 e.